The van der Waals surface area contributed by atoms with E-state index in [-0.39, 0.29) is 18.4 Å². The molecule has 0 bridgehead atoms. The molecule has 7 heteroatoms. The van der Waals surface area contributed by atoms with Gasteiger partial charge in [-0.2, -0.15) is 5.10 Å². The van der Waals surface area contributed by atoms with Gasteiger partial charge in [0.1, 0.15) is 5.82 Å². The Bertz CT molecular complexity index is 805. The van der Waals surface area contributed by atoms with E-state index in [1.165, 1.54) is 17.9 Å². The van der Waals surface area contributed by atoms with Crippen molar-refractivity contribution in [3.63, 3.8) is 0 Å². The van der Waals surface area contributed by atoms with Crippen molar-refractivity contribution in [3.05, 3.63) is 41.9 Å². The molecule has 3 rings (SSSR count). The van der Waals surface area contributed by atoms with Gasteiger partial charge in [-0.3, -0.25) is 19.6 Å². The zero-order valence-electron chi connectivity index (χ0n) is 13.8. The van der Waals surface area contributed by atoms with Gasteiger partial charge in [-0.05, 0) is 24.3 Å². The smallest absolute Gasteiger partial charge is 0.255 e. The molecule has 0 unspecified atom stereocenters. The zero-order valence-corrected chi connectivity index (χ0v) is 13.8. The summed E-state index contributed by atoms with van der Waals surface area (Å²) in [5, 5.41) is 10.3. The molecule has 0 saturated carbocycles. The van der Waals surface area contributed by atoms with Crippen molar-refractivity contribution in [1.29, 1.82) is 0 Å². The number of aromatic amines is 1. The van der Waals surface area contributed by atoms with Gasteiger partial charge in [0, 0.05) is 35.9 Å². The second-order valence-corrected chi connectivity index (χ2v) is 6.01. The lowest BCUT2D eigenvalue weighted by Gasteiger charge is -2.12. The summed E-state index contributed by atoms with van der Waals surface area (Å²) in [4.78, 5) is 28.7. The number of carbonyl (C=O) groups is 2. The summed E-state index contributed by atoms with van der Waals surface area (Å²) in [7, 11) is 0. The summed E-state index contributed by atoms with van der Waals surface area (Å²) in [6.45, 7) is 5.76. The maximum atomic E-state index is 11.7. The lowest BCUT2D eigenvalue weighted by Crippen LogP contribution is -2.31. The molecule has 0 atom stereocenters. The molecule has 2 aromatic rings. The van der Waals surface area contributed by atoms with Gasteiger partial charge in [-0.25, -0.2) is 4.98 Å². The van der Waals surface area contributed by atoms with Gasteiger partial charge in [-0.15, -0.1) is 0 Å². The number of rotatable bonds is 4. The highest BCUT2D eigenvalue weighted by molar-refractivity contribution is 6.03. The Balaban J connectivity index is 1.70. The number of hydrogen-bond donors (Lipinski definition) is 2. The molecular weight excluding hydrogens is 306 g/mol. The van der Waals surface area contributed by atoms with Crippen LogP contribution >= 0.6 is 0 Å². The predicted molar refractivity (Wildman–Crippen MR) is 90.0 cm³/mol. The number of carbonyl (C=O) groups excluding carboxylic acids is 2. The second kappa shape index (κ2) is 6.27. The minimum absolute atomic E-state index is 0.256. The summed E-state index contributed by atoms with van der Waals surface area (Å²) in [6.07, 6.45) is 1.44. The number of aromatic nitrogens is 3. The highest BCUT2D eigenvalue weighted by Crippen LogP contribution is 2.21. The lowest BCUT2D eigenvalue weighted by atomic mass is 10.2. The molecule has 0 fully saturated rings. The topological polar surface area (TPSA) is 91.0 Å². The minimum atomic E-state index is -0.288. The number of hydrogen-bond acceptors (Lipinski definition) is 5. The molecule has 1 aliphatic heterocycles. The third kappa shape index (κ3) is 3.19. The van der Waals surface area contributed by atoms with Crippen LogP contribution in [-0.2, 0) is 9.59 Å². The van der Waals surface area contributed by atoms with Gasteiger partial charge in [-0.1, -0.05) is 13.8 Å². The molecule has 0 spiro atoms. The normalized spacial score (nSPS) is 14.2. The third-order valence-electron chi connectivity index (χ3n) is 3.77. The molecule has 7 nitrogen and oxygen atoms in total. The van der Waals surface area contributed by atoms with Crippen LogP contribution in [0.1, 0.15) is 32.5 Å². The van der Waals surface area contributed by atoms with Gasteiger partial charge in [0.25, 0.3) is 5.91 Å². The fourth-order valence-corrected chi connectivity index (χ4v) is 2.41. The van der Waals surface area contributed by atoms with E-state index in [0.717, 1.165) is 17.1 Å². The van der Waals surface area contributed by atoms with Crippen molar-refractivity contribution < 1.29 is 9.59 Å². The number of nitrogens with zero attached hydrogens (tertiary/aromatic N) is 3. The van der Waals surface area contributed by atoms with Crippen molar-refractivity contribution >= 4 is 17.5 Å². The number of imide groups is 1. The average Bonchev–Trinajstić information content (AvgIpc) is 3.15. The molecule has 2 heterocycles. The monoisotopic (exact) mass is 325 g/mol. The van der Waals surface area contributed by atoms with Crippen LogP contribution in [-0.4, -0.2) is 38.4 Å². The van der Waals surface area contributed by atoms with E-state index in [9.17, 15) is 9.59 Å². The van der Waals surface area contributed by atoms with Crippen LogP contribution in [0.5, 0.6) is 0 Å². The Labute approximate surface area is 139 Å². The van der Waals surface area contributed by atoms with Crippen LogP contribution in [0, 0.1) is 0 Å². The minimum Gasteiger partial charge on any atom is -0.357 e. The molecule has 24 heavy (non-hydrogen) atoms. The molecule has 1 aliphatic rings. The fourth-order valence-electron chi connectivity index (χ4n) is 2.41. The molecule has 0 saturated heterocycles. The zero-order chi connectivity index (χ0) is 17.3. The Kier molecular flexibility index (Phi) is 4.16. The van der Waals surface area contributed by atoms with Crippen molar-refractivity contribution in [2.75, 3.05) is 11.9 Å². The molecule has 2 amide bonds. The fraction of sp³-hybridized carbons (Fsp3) is 0.294. The van der Waals surface area contributed by atoms with Crippen LogP contribution in [0.2, 0.25) is 0 Å². The highest BCUT2D eigenvalue weighted by atomic mass is 16.2. The quantitative estimate of drug-likeness (QED) is 0.900. The Hall–Kier alpha value is -2.96. The predicted octanol–water partition coefficient (Wildman–Crippen LogP) is 2.28. The van der Waals surface area contributed by atoms with Crippen LogP contribution in [0.25, 0.3) is 11.4 Å². The summed E-state index contributed by atoms with van der Waals surface area (Å²) in [5.74, 6) is 1.26. The van der Waals surface area contributed by atoms with Crippen molar-refractivity contribution in [3.8, 4) is 11.4 Å². The first-order chi connectivity index (χ1) is 11.4. The van der Waals surface area contributed by atoms with E-state index in [1.807, 2.05) is 24.3 Å². The number of anilines is 1. The van der Waals surface area contributed by atoms with Crippen LogP contribution in [0.4, 0.5) is 5.69 Å². The van der Waals surface area contributed by atoms with Gasteiger partial charge >= 0.3 is 0 Å². The Morgan fingerprint density at radius 1 is 1.29 bits per heavy atom. The summed E-state index contributed by atoms with van der Waals surface area (Å²) in [6, 6.07) is 7.61. The molecule has 1 aromatic carbocycles. The van der Waals surface area contributed by atoms with Gasteiger partial charge in [0.15, 0.2) is 5.82 Å². The number of amides is 2. The highest BCUT2D eigenvalue weighted by Gasteiger charge is 2.24. The summed E-state index contributed by atoms with van der Waals surface area (Å²) < 4.78 is 0. The molecule has 124 valence electrons. The van der Waals surface area contributed by atoms with E-state index in [0.29, 0.717) is 17.4 Å². The molecular formula is C17H19N5O2. The van der Waals surface area contributed by atoms with E-state index in [4.69, 9.17) is 0 Å². The lowest BCUT2D eigenvalue weighted by molar-refractivity contribution is -0.138. The maximum absolute atomic E-state index is 11.7. The van der Waals surface area contributed by atoms with E-state index in [2.05, 4.69) is 34.3 Å². The number of benzene rings is 1. The van der Waals surface area contributed by atoms with Crippen LogP contribution in [0.3, 0.4) is 0 Å². The number of nitrogens with one attached hydrogen (secondary N) is 2. The van der Waals surface area contributed by atoms with Crippen LogP contribution < -0.4 is 5.32 Å². The Morgan fingerprint density at radius 3 is 2.54 bits per heavy atom. The van der Waals surface area contributed by atoms with E-state index < -0.39 is 0 Å². The summed E-state index contributed by atoms with van der Waals surface area (Å²) in [5.41, 5.74) is 2.44. The van der Waals surface area contributed by atoms with E-state index in [1.54, 1.807) is 0 Å². The van der Waals surface area contributed by atoms with E-state index >= 15 is 0 Å². The third-order valence-corrected chi connectivity index (χ3v) is 3.77. The van der Waals surface area contributed by atoms with Crippen molar-refractivity contribution in [1.82, 2.24) is 20.1 Å². The first kappa shape index (κ1) is 15.9. The summed E-state index contributed by atoms with van der Waals surface area (Å²) >= 11 is 0. The molecule has 0 radical (unpaired) electrons. The SMILES string of the molecule is CC(=O)N1CC(Nc2ccc(-c3n[nH]c(C(C)C)n3)cc2)=CC1=O. The maximum Gasteiger partial charge on any atom is 0.255 e. The van der Waals surface area contributed by atoms with Gasteiger partial charge in [0.2, 0.25) is 5.91 Å². The molecule has 0 aliphatic carbocycles. The first-order valence-corrected chi connectivity index (χ1v) is 7.76. The second-order valence-electron chi connectivity index (χ2n) is 6.01. The largest absolute Gasteiger partial charge is 0.357 e. The number of H-pyrrole nitrogens is 1. The Morgan fingerprint density at radius 2 is 2.00 bits per heavy atom. The van der Waals surface area contributed by atoms with Gasteiger partial charge in [0.05, 0.1) is 6.54 Å². The van der Waals surface area contributed by atoms with Crippen molar-refractivity contribution in [2.24, 2.45) is 0 Å². The first-order valence-electron chi connectivity index (χ1n) is 7.76. The van der Waals surface area contributed by atoms with Gasteiger partial charge < -0.3 is 5.32 Å². The average molecular weight is 325 g/mol. The standard InChI is InChI=1S/C17H19N5O2/c1-10(2)16-19-17(21-20-16)12-4-6-13(7-5-12)18-14-8-15(24)22(9-14)11(3)23/h4-8,10,18H,9H2,1-3H3,(H,19,20,21). The van der Waals surface area contributed by atoms with Crippen molar-refractivity contribution in [2.45, 2.75) is 26.7 Å². The molecule has 2 N–H and O–H groups in total. The molecule has 1 aromatic heterocycles. The van der Waals surface area contributed by atoms with Crippen LogP contribution in [0.15, 0.2) is 36.0 Å².